The Bertz CT molecular complexity index is 841. The van der Waals surface area contributed by atoms with Crippen LogP contribution in [0.5, 0.6) is 17.2 Å². The quantitative estimate of drug-likeness (QED) is 0.591. The van der Waals surface area contributed by atoms with Crippen LogP contribution in [0.4, 0.5) is 5.69 Å². The molecule has 0 unspecified atom stereocenters. The molecule has 0 radical (unpaired) electrons. The molecular formula is C23H31N3O4S. The Morgan fingerprint density at radius 3 is 2.35 bits per heavy atom. The van der Waals surface area contributed by atoms with Crippen molar-refractivity contribution in [2.24, 2.45) is 0 Å². The fraction of sp³-hybridized carbons (Fsp3) is 0.435. The lowest BCUT2D eigenvalue weighted by Gasteiger charge is -2.31. The molecule has 0 saturated carbocycles. The zero-order chi connectivity index (χ0) is 22.1. The minimum Gasteiger partial charge on any atom is -0.497 e. The standard InChI is InChI=1S/C23H31N3O4S/c1-27-20-7-4-18(5-8-20)17-26(11-10-25-12-14-30-15-13-25)23(31)24-19-6-9-21(28-2)22(16-19)29-3/h4-9,16H,10-15,17H2,1-3H3,(H,24,31). The third-order valence-corrected chi connectivity index (χ3v) is 5.60. The molecule has 168 valence electrons. The van der Waals surface area contributed by atoms with Crippen molar-refractivity contribution in [3.8, 4) is 17.2 Å². The van der Waals surface area contributed by atoms with Gasteiger partial charge in [0.25, 0.3) is 0 Å². The number of nitrogens with one attached hydrogen (secondary N) is 1. The van der Waals surface area contributed by atoms with Crippen LogP contribution in [-0.4, -0.2) is 75.6 Å². The smallest absolute Gasteiger partial charge is 0.173 e. The topological polar surface area (TPSA) is 55.4 Å². The summed E-state index contributed by atoms with van der Waals surface area (Å²) < 4.78 is 21.5. The predicted octanol–water partition coefficient (Wildman–Crippen LogP) is 3.24. The molecule has 0 atom stereocenters. The normalized spacial score (nSPS) is 14.0. The Balaban J connectivity index is 1.70. The SMILES string of the molecule is COc1ccc(CN(CCN2CCOCC2)C(=S)Nc2ccc(OC)c(OC)c2)cc1. The molecule has 1 N–H and O–H groups in total. The van der Waals surface area contributed by atoms with Gasteiger partial charge in [0.15, 0.2) is 16.6 Å². The van der Waals surface area contributed by atoms with Gasteiger partial charge in [-0.05, 0) is 42.0 Å². The van der Waals surface area contributed by atoms with Crippen LogP contribution in [0.25, 0.3) is 0 Å². The van der Waals surface area contributed by atoms with E-state index in [0.717, 1.165) is 50.8 Å². The van der Waals surface area contributed by atoms with E-state index in [1.54, 1.807) is 21.3 Å². The van der Waals surface area contributed by atoms with E-state index < -0.39 is 0 Å². The lowest BCUT2D eigenvalue weighted by Crippen LogP contribution is -2.43. The van der Waals surface area contributed by atoms with Gasteiger partial charge in [-0.25, -0.2) is 0 Å². The van der Waals surface area contributed by atoms with Gasteiger partial charge in [-0.2, -0.15) is 0 Å². The summed E-state index contributed by atoms with van der Waals surface area (Å²) in [6, 6.07) is 13.8. The van der Waals surface area contributed by atoms with E-state index in [2.05, 4.69) is 27.2 Å². The Labute approximate surface area is 189 Å². The number of ether oxygens (including phenoxy) is 4. The molecule has 0 spiro atoms. The zero-order valence-electron chi connectivity index (χ0n) is 18.4. The van der Waals surface area contributed by atoms with Crippen LogP contribution in [0.3, 0.4) is 0 Å². The van der Waals surface area contributed by atoms with E-state index in [1.165, 1.54) is 5.56 Å². The Hall–Kier alpha value is -2.55. The number of nitrogens with zero attached hydrogens (tertiary/aromatic N) is 2. The molecule has 2 aromatic rings. The highest BCUT2D eigenvalue weighted by Gasteiger charge is 2.16. The summed E-state index contributed by atoms with van der Waals surface area (Å²) in [6.45, 7) is 5.91. The third-order valence-electron chi connectivity index (χ3n) is 5.24. The van der Waals surface area contributed by atoms with Crippen LogP contribution in [-0.2, 0) is 11.3 Å². The molecule has 1 saturated heterocycles. The third kappa shape index (κ3) is 6.72. The summed E-state index contributed by atoms with van der Waals surface area (Å²) in [5.41, 5.74) is 2.02. The monoisotopic (exact) mass is 445 g/mol. The van der Waals surface area contributed by atoms with Crippen LogP contribution in [0, 0.1) is 0 Å². The number of anilines is 1. The van der Waals surface area contributed by atoms with Crippen LogP contribution >= 0.6 is 12.2 Å². The Morgan fingerprint density at radius 1 is 1.00 bits per heavy atom. The number of benzene rings is 2. The molecule has 0 amide bonds. The molecule has 2 aromatic carbocycles. The average molecular weight is 446 g/mol. The van der Waals surface area contributed by atoms with Gasteiger partial charge in [-0.1, -0.05) is 12.1 Å². The largest absolute Gasteiger partial charge is 0.497 e. The van der Waals surface area contributed by atoms with Gasteiger partial charge < -0.3 is 29.2 Å². The highest BCUT2D eigenvalue weighted by Crippen LogP contribution is 2.30. The summed E-state index contributed by atoms with van der Waals surface area (Å²) in [4.78, 5) is 4.59. The van der Waals surface area contributed by atoms with Crippen LogP contribution in [0.1, 0.15) is 5.56 Å². The molecule has 1 fully saturated rings. The van der Waals surface area contributed by atoms with E-state index in [9.17, 15) is 0 Å². The van der Waals surface area contributed by atoms with Crippen molar-refractivity contribution < 1.29 is 18.9 Å². The van der Waals surface area contributed by atoms with Crippen molar-refractivity contribution in [3.63, 3.8) is 0 Å². The van der Waals surface area contributed by atoms with Crippen molar-refractivity contribution in [2.45, 2.75) is 6.54 Å². The molecule has 1 heterocycles. The van der Waals surface area contributed by atoms with Crippen LogP contribution in [0.15, 0.2) is 42.5 Å². The van der Waals surface area contributed by atoms with Gasteiger partial charge in [0, 0.05) is 44.5 Å². The van der Waals surface area contributed by atoms with Crippen LogP contribution in [0.2, 0.25) is 0 Å². The summed E-state index contributed by atoms with van der Waals surface area (Å²) in [6.07, 6.45) is 0. The molecule has 31 heavy (non-hydrogen) atoms. The van der Waals surface area contributed by atoms with Crippen molar-refractivity contribution >= 4 is 23.0 Å². The summed E-state index contributed by atoms with van der Waals surface area (Å²) >= 11 is 5.79. The van der Waals surface area contributed by atoms with E-state index in [4.69, 9.17) is 31.2 Å². The average Bonchev–Trinajstić information content (AvgIpc) is 2.82. The first-order valence-electron chi connectivity index (χ1n) is 10.3. The fourth-order valence-corrected chi connectivity index (χ4v) is 3.68. The van der Waals surface area contributed by atoms with Crippen molar-refractivity contribution in [2.75, 3.05) is 66.0 Å². The molecule has 3 rings (SSSR count). The molecule has 7 nitrogen and oxygen atoms in total. The van der Waals surface area contributed by atoms with E-state index in [-0.39, 0.29) is 0 Å². The lowest BCUT2D eigenvalue weighted by atomic mass is 10.2. The van der Waals surface area contributed by atoms with Gasteiger partial charge >= 0.3 is 0 Å². The molecule has 0 aliphatic carbocycles. The maximum Gasteiger partial charge on any atom is 0.173 e. The van der Waals surface area contributed by atoms with Gasteiger partial charge in [0.1, 0.15) is 5.75 Å². The number of thiocarbonyl (C=S) groups is 1. The molecule has 0 bridgehead atoms. The maximum atomic E-state index is 5.79. The minimum absolute atomic E-state index is 0.658. The Kier molecular flexibility index (Phi) is 8.75. The van der Waals surface area contributed by atoms with Crippen molar-refractivity contribution in [1.29, 1.82) is 0 Å². The molecule has 1 aliphatic heterocycles. The number of morpholine rings is 1. The number of hydrogen-bond donors (Lipinski definition) is 1. The predicted molar refractivity (Wildman–Crippen MR) is 126 cm³/mol. The first-order valence-corrected chi connectivity index (χ1v) is 10.7. The highest BCUT2D eigenvalue weighted by atomic mass is 32.1. The van der Waals surface area contributed by atoms with Gasteiger partial charge in [0.2, 0.25) is 0 Å². The molecular weight excluding hydrogens is 414 g/mol. The Morgan fingerprint density at radius 2 is 1.71 bits per heavy atom. The molecule has 8 heteroatoms. The summed E-state index contributed by atoms with van der Waals surface area (Å²) in [5, 5.41) is 4.02. The molecule has 1 aliphatic rings. The number of hydrogen-bond acceptors (Lipinski definition) is 6. The second-order valence-corrected chi connectivity index (χ2v) is 7.61. The minimum atomic E-state index is 0.658. The second-order valence-electron chi connectivity index (χ2n) is 7.22. The second kappa shape index (κ2) is 11.7. The first kappa shape index (κ1) is 23.1. The van der Waals surface area contributed by atoms with Crippen molar-refractivity contribution in [3.05, 3.63) is 48.0 Å². The molecule has 0 aromatic heterocycles. The van der Waals surface area contributed by atoms with E-state index in [0.29, 0.717) is 23.2 Å². The lowest BCUT2D eigenvalue weighted by molar-refractivity contribution is 0.0358. The summed E-state index contributed by atoms with van der Waals surface area (Å²) in [7, 11) is 4.92. The first-order chi connectivity index (χ1) is 15.1. The number of rotatable bonds is 9. The van der Waals surface area contributed by atoms with Gasteiger partial charge in [-0.3, -0.25) is 4.90 Å². The zero-order valence-corrected chi connectivity index (χ0v) is 19.2. The number of methoxy groups -OCH3 is 3. The van der Waals surface area contributed by atoms with Gasteiger partial charge in [-0.15, -0.1) is 0 Å². The van der Waals surface area contributed by atoms with Crippen molar-refractivity contribution in [1.82, 2.24) is 9.80 Å². The van der Waals surface area contributed by atoms with Crippen LogP contribution < -0.4 is 19.5 Å². The van der Waals surface area contributed by atoms with E-state index >= 15 is 0 Å². The van der Waals surface area contributed by atoms with Gasteiger partial charge in [0.05, 0.1) is 34.5 Å². The summed E-state index contributed by atoms with van der Waals surface area (Å²) in [5.74, 6) is 2.18. The highest BCUT2D eigenvalue weighted by molar-refractivity contribution is 7.80. The maximum absolute atomic E-state index is 5.79. The van der Waals surface area contributed by atoms with E-state index in [1.807, 2.05) is 30.3 Å². The fourth-order valence-electron chi connectivity index (χ4n) is 3.41.